The fraction of sp³-hybridized carbons (Fsp3) is 0.526. The summed E-state index contributed by atoms with van der Waals surface area (Å²) in [7, 11) is 0. The Hall–Kier alpha value is -1.89. The summed E-state index contributed by atoms with van der Waals surface area (Å²) < 4.78 is 12.5. The molecule has 0 atom stereocenters. The highest BCUT2D eigenvalue weighted by atomic mass is 79.9. The average Bonchev–Trinajstić information content (AvgIpc) is 2.46. The third-order valence-corrected chi connectivity index (χ3v) is 5.36. The summed E-state index contributed by atoms with van der Waals surface area (Å²) >= 11 is 3.48. The molecule has 1 spiro atoms. The van der Waals surface area contributed by atoms with Crippen LogP contribution < -0.4 is 4.74 Å². The van der Waals surface area contributed by atoms with E-state index in [1.807, 2.05) is 39.0 Å². The molecule has 138 valence electrons. The van der Waals surface area contributed by atoms with Gasteiger partial charge in [0.15, 0.2) is 0 Å². The van der Waals surface area contributed by atoms with Crippen molar-refractivity contribution in [3.63, 3.8) is 0 Å². The van der Waals surface area contributed by atoms with Crippen LogP contribution in [0.3, 0.4) is 0 Å². The zero-order valence-electron chi connectivity index (χ0n) is 15.2. The molecule has 2 heterocycles. The van der Waals surface area contributed by atoms with Gasteiger partial charge < -0.3 is 14.4 Å². The number of fused-ring (bicyclic) bond motifs is 1. The van der Waals surface area contributed by atoms with Gasteiger partial charge in [0, 0.05) is 23.0 Å². The summed E-state index contributed by atoms with van der Waals surface area (Å²) in [5.74, 6) is 0.625. The first-order valence-corrected chi connectivity index (χ1v) is 9.57. The first-order valence-electron chi connectivity index (χ1n) is 8.78. The largest absolute Gasteiger partial charge is 0.474 e. The van der Waals surface area contributed by atoms with Gasteiger partial charge in [0.2, 0.25) is 5.88 Å². The second kappa shape index (κ2) is 6.08. The molecule has 1 aromatic heterocycles. The van der Waals surface area contributed by atoms with E-state index in [4.69, 9.17) is 9.47 Å². The lowest BCUT2D eigenvalue weighted by atomic mass is 9.62. The molecule has 1 aromatic carbocycles. The first kappa shape index (κ1) is 17.5. The highest BCUT2D eigenvalue weighted by Crippen LogP contribution is 2.50. The van der Waals surface area contributed by atoms with E-state index in [0.717, 1.165) is 41.3 Å². The van der Waals surface area contributed by atoms with Gasteiger partial charge in [-0.3, -0.25) is 0 Å². The van der Waals surface area contributed by atoms with Crippen LogP contribution in [-0.4, -0.2) is 45.8 Å². The number of halogens is 1. The third kappa shape index (κ3) is 3.37. The predicted molar refractivity (Wildman–Crippen MR) is 101 cm³/mol. The molecule has 26 heavy (non-hydrogen) atoms. The second-order valence-electron chi connectivity index (χ2n) is 8.32. The quantitative estimate of drug-likeness (QED) is 0.730. The monoisotopic (exact) mass is 419 g/mol. The van der Waals surface area contributed by atoms with Gasteiger partial charge in [-0.15, -0.1) is 0 Å². The topological polar surface area (TPSA) is 64.5 Å². The molecule has 2 aliphatic rings. The molecular weight excluding hydrogens is 398 g/mol. The maximum absolute atomic E-state index is 12.1. The Kier molecular flexibility index (Phi) is 4.10. The Bertz CT molecular complexity index is 851. The van der Waals surface area contributed by atoms with Gasteiger partial charge >= 0.3 is 6.09 Å². The van der Waals surface area contributed by atoms with Crippen LogP contribution in [0.25, 0.3) is 10.9 Å². The molecule has 6 nitrogen and oxygen atoms in total. The Balaban J connectivity index is 1.34. The fourth-order valence-corrected chi connectivity index (χ4v) is 4.08. The molecular formula is C19H22BrN3O3. The van der Waals surface area contributed by atoms with E-state index in [1.54, 1.807) is 4.90 Å². The molecule has 0 N–H and O–H groups in total. The Morgan fingerprint density at radius 1 is 1.27 bits per heavy atom. The van der Waals surface area contributed by atoms with Gasteiger partial charge in [-0.2, -0.15) is 0 Å². The van der Waals surface area contributed by atoms with E-state index in [2.05, 4.69) is 25.9 Å². The van der Waals surface area contributed by atoms with Crippen molar-refractivity contribution in [2.75, 3.05) is 13.1 Å². The number of amides is 1. The first-order chi connectivity index (χ1) is 12.2. The molecule has 1 saturated heterocycles. The standard InChI is InChI=1S/C19H22BrN3O3/c1-18(2,3)26-17(24)23-9-19(10-23)7-13(8-19)25-16-14-6-12(20)4-5-15(14)21-11-22-16/h4-6,11,13H,7-10H2,1-3H3. The van der Waals surface area contributed by atoms with Crippen molar-refractivity contribution in [2.24, 2.45) is 5.41 Å². The number of hydrogen-bond donors (Lipinski definition) is 0. The van der Waals surface area contributed by atoms with Crippen molar-refractivity contribution in [3.8, 4) is 5.88 Å². The number of carbonyl (C=O) groups excluding carboxylic acids is 1. The lowest BCUT2D eigenvalue weighted by Crippen LogP contribution is -2.66. The van der Waals surface area contributed by atoms with Crippen molar-refractivity contribution >= 4 is 32.9 Å². The van der Waals surface area contributed by atoms with Crippen LogP contribution >= 0.6 is 15.9 Å². The zero-order chi connectivity index (χ0) is 18.5. The minimum atomic E-state index is -0.451. The number of rotatable bonds is 2. The van der Waals surface area contributed by atoms with Crippen molar-refractivity contribution in [2.45, 2.75) is 45.3 Å². The second-order valence-corrected chi connectivity index (χ2v) is 9.24. The van der Waals surface area contributed by atoms with Crippen molar-refractivity contribution < 1.29 is 14.3 Å². The summed E-state index contributed by atoms with van der Waals surface area (Å²) in [4.78, 5) is 22.4. The van der Waals surface area contributed by atoms with Gasteiger partial charge in [0.1, 0.15) is 18.0 Å². The minimum Gasteiger partial charge on any atom is -0.474 e. The highest BCUT2D eigenvalue weighted by molar-refractivity contribution is 9.10. The van der Waals surface area contributed by atoms with E-state index in [0.29, 0.717) is 5.88 Å². The number of likely N-dealkylation sites (tertiary alicyclic amines) is 1. The minimum absolute atomic E-state index is 0.132. The Labute approximate surface area is 161 Å². The number of hydrogen-bond acceptors (Lipinski definition) is 5. The van der Waals surface area contributed by atoms with Crippen LogP contribution in [0.15, 0.2) is 29.0 Å². The van der Waals surface area contributed by atoms with E-state index in [1.165, 1.54) is 6.33 Å². The van der Waals surface area contributed by atoms with Crippen LogP contribution in [0.2, 0.25) is 0 Å². The smallest absolute Gasteiger partial charge is 0.410 e. The molecule has 4 rings (SSSR count). The van der Waals surface area contributed by atoms with Crippen molar-refractivity contribution in [1.29, 1.82) is 0 Å². The van der Waals surface area contributed by atoms with Crippen LogP contribution in [0.1, 0.15) is 33.6 Å². The van der Waals surface area contributed by atoms with Crippen LogP contribution in [0.4, 0.5) is 4.79 Å². The fourth-order valence-electron chi connectivity index (χ4n) is 3.72. The van der Waals surface area contributed by atoms with E-state index < -0.39 is 5.60 Å². The predicted octanol–water partition coefficient (Wildman–Crippen LogP) is 4.17. The maximum Gasteiger partial charge on any atom is 0.410 e. The molecule has 0 unspecified atom stereocenters. The lowest BCUT2D eigenvalue weighted by molar-refractivity contribution is -0.117. The summed E-state index contributed by atoms with van der Waals surface area (Å²) in [5.41, 5.74) is 0.602. The number of ether oxygens (including phenoxy) is 2. The molecule has 1 amide bonds. The van der Waals surface area contributed by atoms with Crippen LogP contribution in [0, 0.1) is 5.41 Å². The molecule has 1 aliphatic heterocycles. The molecule has 0 bridgehead atoms. The summed E-state index contributed by atoms with van der Waals surface area (Å²) in [5, 5.41) is 0.909. The molecule has 0 radical (unpaired) electrons. The Morgan fingerprint density at radius 3 is 2.69 bits per heavy atom. The average molecular weight is 420 g/mol. The summed E-state index contributed by atoms with van der Waals surface area (Å²) in [6, 6.07) is 5.88. The third-order valence-electron chi connectivity index (χ3n) is 4.86. The summed E-state index contributed by atoms with van der Waals surface area (Å²) in [6.45, 7) is 7.16. The van der Waals surface area contributed by atoms with Gasteiger partial charge in [-0.1, -0.05) is 15.9 Å². The lowest BCUT2D eigenvalue weighted by Gasteiger charge is -2.57. The van der Waals surface area contributed by atoms with Gasteiger partial charge in [-0.25, -0.2) is 14.8 Å². The summed E-state index contributed by atoms with van der Waals surface area (Å²) in [6.07, 6.45) is 3.32. The molecule has 1 aliphatic carbocycles. The zero-order valence-corrected chi connectivity index (χ0v) is 16.7. The molecule has 2 fully saturated rings. The van der Waals surface area contributed by atoms with E-state index >= 15 is 0 Å². The number of aromatic nitrogens is 2. The SMILES string of the molecule is CC(C)(C)OC(=O)N1CC2(CC(Oc3ncnc4ccc(Br)cc34)C2)C1. The van der Waals surface area contributed by atoms with Crippen molar-refractivity contribution in [1.82, 2.24) is 14.9 Å². The Morgan fingerprint density at radius 2 is 2.00 bits per heavy atom. The highest BCUT2D eigenvalue weighted by Gasteiger charge is 2.55. The number of benzene rings is 1. The van der Waals surface area contributed by atoms with Gasteiger partial charge in [-0.05, 0) is 51.8 Å². The molecule has 2 aromatic rings. The molecule has 7 heteroatoms. The van der Waals surface area contributed by atoms with Crippen LogP contribution in [-0.2, 0) is 4.74 Å². The van der Waals surface area contributed by atoms with Crippen LogP contribution in [0.5, 0.6) is 5.88 Å². The molecule has 1 saturated carbocycles. The number of carbonyl (C=O) groups is 1. The van der Waals surface area contributed by atoms with Gasteiger partial charge in [0.05, 0.1) is 10.9 Å². The normalized spacial score (nSPS) is 19.2. The number of nitrogens with zero attached hydrogens (tertiary/aromatic N) is 3. The van der Waals surface area contributed by atoms with Crippen molar-refractivity contribution in [3.05, 3.63) is 29.0 Å². The maximum atomic E-state index is 12.1. The van der Waals surface area contributed by atoms with E-state index in [-0.39, 0.29) is 17.6 Å². The van der Waals surface area contributed by atoms with Gasteiger partial charge in [0.25, 0.3) is 0 Å². The van der Waals surface area contributed by atoms with E-state index in [9.17, 15) is 4.79 Å².